The quantitative estimate of drug-likeness (QED) is 0.225. The van der Waals surface area contributed by atoms with Crippen molar-refractivity contribution in [1.82, 2.24) is 0 Å². The van der Waals surface area contributed by atoms with Gasteiger partial charge in [0.2, 0.25) is 0 Å². The summed E-state index contributed by atoms with van der Waals surface area (Å²) < 4.78 is 6.51. The van der Waals surface area contributed by atoms with Crippen LogP contribution in [-0.4, -0.2) is 26.1 Å². The van der Waals surface area contributed by atoms with Crippen molar-refractivity contribution >= 4 is 8.32 Å². The monoisotopic (exact) mass is 372 g/mol. The van der Waals surface area contributed by atoms with E-state index in [4.69, 9.17) is 4.43 Å². The first-order chi connectivity index (χ1) is 11.7. The number of hydrogen-bond donors (Lipinski definition) is 1. The summed E-state index contributed by atoms with van der Waals surface area (Å²) in [4.78, 5) is 0. The second kappa shape index (κ2) is 14.2. The topological polar surface area (TPSA) is 29.5 Å². The van der Waals surface area contributed by atoms with Crippen LogP contribution in [0.4, 0.5) is 0 Å². The Labute approximate surface area is 160 Å². The van der Waals surface area contributed by atoms with E-state index in [9.17, 15) is 5.11 Å². The molecule has 0 bridgehead atoms. The fourth-order valence-electron chi connectivity index (χ4n) is 3.04. The van der Waals surface area contributed by atoms with Gasteiger partial charge in [0, 0.05) is 12.7 Å². The van der Waals surface area contributed by atoms with Crippen LogP contribution >= 0.6 is 0 Å². The van der Waals surface area contributed by atoms with Gasteiger partial charge in [-0.2, -0.15) is 0 Å². The summed E-state index contributed by atoms with van der Waals surface area (Å²) in [5, 5.41) is 9.60. The van der Waals surface area contributed by atoms with E-state index in [2.05, 4.69) is 40.8 Å². The third-order valence-corrected chi connectivity index (χ3v) is 10.4. The molecule has 152 valence electrons. The molecule has 0 saturated heterocycles. The Hall–Kier alpha value is 0.137. The summed E-state index contributed by atoms with van der Waals surface area (Å²) in [5.74, 6) is 0. The van der Waals surface area contributed by atoms with Gasteiger partial charge in [-0.25, -0.2) is 0 Å². The summed E-state index contributed by atoms with van der Waals surface area (Å²) >= 11 is 0. The van der Waals surface area contributed by atoms with Crippen LogP contribution in [0.5, 0.6) is 0 Å². The summed E-state index contributed by atoms with van der Waals surface area (Å²) in [6, 6.07) is 0. The molecule has 0 fully saturated rings. The van der Waals surface area contributed by atoms with Gasteiger partial charge in [-0.05, 0) is 31.0 Å². The molecule has 0 amide bonds. The molecule has 0 aliphatic heterocycles. The summed E-state index contributed by atoms with van der Waals surface area (Å²) in [7, 11) is -1.72. The molecule has 0 aromatic rings. The second-order valence-corrected chi connectivity index (χ2v) is 14.1. The van der Waals surface area contributed by atoms with Gasteiger partial charge in [-0.15, -0.1) is 0 Å². The minimum atomic E-state index is -1.72. The molecule has 0 aromatic heterocycles. The van der Waals surface area contributed by atoms with Gasteiger partial charge < -0.3 is 9.53 Å². The van der Waals surface area contributed by atoms with Crippen molar-refractivity contribution in [3.05, 3.63) is 0 Å². The van der Waals surface area contributed by atoms with Gasteiger partial charge in [0.1, 0.15) is 0 Å². The normalized spacial score (nSPS) is 14.0. The zero-order valence-corrected chi connectivity index (χ0v) is 19.3. The smallest absolute Gasteiger partial charge is 0.192 e. The van der Waals surface area contributed by atoms with Gasteiger partial charge >= 0.3 is 0 Å². The third-order valence-electron chi connectivity index (χ3n) is 5.85. The predicted molar refractivity (Wildman–Crippen MR) is 115 cm³/mol. The summed E-state index contributed by atoms with van der Waals surface area (Å²) in [6.07, 6.45) is 17.4. The minimum absolute atomic E-state index is 0.247. The molecule has 0 heterocycles. The maximum atomic E-state index is 9.35. The highest BCUT2D eigenvalue weighted by Gasteiger charge is 2.38. The lowest BCUT2D eigenvalue weighted by Gasteiger charge is -2.39. The lowest BCUT2D eigenvalue weighted by atomic mass is 10.0. The average Bonchev–Trinajstić information content (AvgIpc) is 2.51. The van der Waals surface area contributed by atoms with Crippen molar-refractivity contribution in [1.29, 1.82) is 0 Å². The van der Waals surface area contributed by atoms with Crippen molar-refractivity contribution in [3.63, 3.8) is 0 Å². The van der Waals surface area contributed by atoms with Crippen molar-refractivity contribution < 1.29 is 9.53 Å². The Bertz CT molecular complexity index is 297. The molecule has 0 rings (SSSR count). The SMILES string of the molecule is CCCCCCCCCCCCC[C@H](CCO)O[Si](C)(C)C(C)(C)C. The van der Waals surface area contributed by atoms with Crippen LogP contribution in [0.25, 0.3) is 0 Å². The van der Waals surface area contributed by atoms with E-state index in [-0.39, 0.29) is 17.7 Å². The molecule has 1 N–H and O–H groups in total. The molecule has 0 saturated carbocycles. The van der Waals surface area contributed by atoms with Crippen LogP contribution in [0.2, 0.25) is 18.1 Å². The van der Waals surface area contributed by atoms with Crippen LogP contribution in [-0.2, 0) is 4.43 Å². The van der Waals surface area contributed by atoms with Crippen molar-refractivity contribution in [2.45, 2.75) is 135 Å². The Morgan fingerprint density at radius 1 is 0.760 bits per heavy atom. The molecule has 3 heteroatoms. The van der Waals surface area contributed by atoms with Crippen molar-refractivity contribution in [2.24, 2.45) is 0 Å². The fourth-order valence-corrected chi connectivity index (χ4v) is 4.46. The number of unbranched alkanes of at least 4 members (excludes halogenated alkanes) is 10. The average molecular weight is 373 g/mol. The van der Waals surface area contributed by atoms with E-state index < -0.39 is 8.32 Å². The Morgan fingerprint density at radius 2 is 1.20 bits per heavy atom. The van der Waals surface area contributed by atoms with Gasteiger partial charge in [0.05, 0.1) is 0 Å². The first-order valence-corrected chi connectivity index (χ1v) is 13.9. The molecule has 0 unspecified atom stereocenters. The molecular formula is C22H48O2Si. The maximum absolute atomic E-state index is 9.35. The lowest BCUT2D eigenvalue weighted by Crippen LogP contribution is -2.44. The highest BCUT2D eigenvalue weighted by atomic mass is 28.4. The van der Waals surface area contributed by atoms with E-state index >= 15 is 0 Å². The molecule has 0 radical (unpaired) electrons. The molecular weight excluding hydrogens is 324 g/mol. The fraction of sp³-hybridized carbons (Fsp3) is 1.00. The number of aliphatic hydroxyl groups excluding tert-OH is 1. The Morgan fingerprint density at radius 3 is 1.60 bits per heavy atom. The van der Waals surface area contributed by atoms with Crippen molar-refractivity contribution in [3.8, 4) is 0 Å². The minimum Gasteiger partial charge on any atom is -0.414 e. The third kappa shape index (κ3) is 13.0. The van der Waals surface area contributed by atoms with Crippen molar-refractivity contribution in [2.75, 3.05) is 6.61 Å². The molecule has 2 nitrogen and oxygen atoms in total. The highest BCUT2D eigenvalue weighted by molar-refractivity contribution is 6.74. The molecule has 1 atom stereocenters. The summed E-state index contributed by atoms with van der Waals surface area (Å²) in [6.45, 7) is 14.0. The van der Waals surface area contributed by atoms with Crippen LogP contribution < -0.4 is 0 Å². The van der Waals surface area contributed by atoms with Crippen LogP contribution in [0.3, 0.4) is 0 Å². The largest absolute Gasteiger partial charge is 0.414 e. The lowest BCUT2D eigenvalue weighted by molar-refractivity contribution is 0.129. The zero-order valence-electron chi connectivity index (χ0n) is 18.3. The van der Waals surface area contributed by atoms with E-state index in [0.29, 0.717) is 0 Å². The van der Waals surface area contributed by atoms with E-state index in [1.54, 1.807) is 0 Å². The molecule has 0 spiro atoms. The van der Waals surface area contributed by atoms with E-state index in [0.717, 1.165) is 12.8 Å². The molecule has 0 aromatic carbocycles. The zero-order chi connectivity index (χ0) is 19.2. The first kappa shape index (κ1) is 25.1. The van der Waals surface area contributed by atoms with Gasteiger partial charge in [0.15, 0.2) is 8.32 Å². The van der Waals surface area contributed by atoms with E-state index in [1.807, 2.05) is 0 Å². The Kier molecular flexibility index (Phi) is 14.3. The highest BCUT2D eigenvalue weighted by Crippen LogP contribution is 2.38. The van der Waals surface area contributed by atoms with Gasteiger partial charge in [-0.3, -0.25) is 0 Å². The van der Waals surface area contributed by atoms with Crippen LogP contribution in [0.1, 0.15) is 111 Å². The standard InChI is InChI=1S/C22H48O2Si/c1-7-8-9-10-11-12-13-14-15-16-17-18-21(19-20-23)24-25(5,6)22(2,3)4/h21,23H,7-20H2,1-6H3/t21-/m1/s1. The van der Waals surface area contributed by atoms with E-state index in [1.165, 1.54) is 70.6 Å². The number of rotatable bonds is 16. The van der Waals surface area contributed by atoms with Gasteiger partial charge in [-0.1, -0.05) is 98.3 Å². The van der Waals surface area contributed by atoms with Crippen LogP contribution in [0.15, 0.2) is 0 Å². The molecule has 0 aliphatic carbocycles. The summed E-state index contributed by atoms with van der Waals surface area (Å²) in [5.41, 5.74) is 0. The number of aliphatic hydroxyl groups is 1. The maximum Gasteiger partial charge on any atom is 0.192 e. The predicted octanol–water partition coefficient (Wildman–Crippen LogP) is 7.46. The van der Waals surface area contributed by atoms with Gasteiger partial charge in [0.25, 0.3) is 0 Å². The second-order valence-electron chi connectivity index (χ2n) is 9.34. The molecule has 0 aliphatic rings. The molecule has 25 heavy (non-hydrogen) atoms. The Balaban J connectivity index is 3.77. The first-order valence-electron chi connectivity index (χ1n) is 11.0. The number of hydrogen-bond acceptors (Lipinski definition) is 2. The van der Waals surface area contributed by atoms with Crippen LogP contribution in [0, 0.1) is 0 Å².